The standard InChI is InChI=1S/C19H26BrNO7/c1-12(27-18(22)13-5-8-26-9-6-13)28-19(23)21-7-4-14-10-17(25-3)15(20)11-16(14)24-2/h10-13H,4-9H2,1-3H3,(H,21,23). The molecule has 0 bridgehead atoms. The summed E-state index contributed by atoms with van der Waals surface area (Å²) in [6.45, 7) is 2.92. The molecular formula is C19H26BrNO7. The summed E-state index contributed by atoms with van der Waals surface area (Å²) < 4.78 is 26.9. The molecule has 1 aliphatic rings. The van der Waals surface area contributed by atoms with Crippen LogP contribution >= 0.6 is 15.9 Å². The molecule has 0 spiro atoms. The molecule has 0 radical (unpaired) electrons. The lowest BCUT2D eigenvalue weighted by molar-refractivity contribution is -0.172. The van der Waals surface area contributed by atoms with Crippen LogP contribution in [0.25, 0.3) is 0 Å². The van der Waals surface area contributed by atoms with Gasteiger partial charge in [0.2, 0.25) is 6.29 Å². The quantitative estimate of drug-likeness (QED) is 0.471. The van der Waals surface area contributed by atoms with Crippen LogP contribution in [-0.4, -0.2) is 52.3 Å². The van der Waals surface area contributed by atoms with Crippen LogP contribution in [-0.2, 0) is 25.4 Å². The van der Waals surface area contributed by atoms with Gasteiger partial charge in [-0.15, -0.1) is 0 Å². The predicted octanol–water partition coefficient (Wildman–Crippen LogP) is 3.05. The van der Waals surface area contributed by atoms with E-state index in [1.807, 2.05) is 12.1 Å². The molecule has 8 nitrogen and oxygen atoms in total. The predicted molar refractivity (Wildman–Crippen MR) is 105 cm³/mol. The number of carbonyl (C=O) groups excluding carboxylic acids is 2. The number of carbonyl (C=O) groups is 2. The van der Waals surface area contributed by atoms with Crippen LogP contribution in [0.2, 0.25) is 0 Å². The van der Waals surface area contributed by atoms with E-state index in [4.69, 9.17) is 23.7 Å². The van der Waals surface area contributed by atoms with E-state index < -0.39 is 12.4 Å². The molecule has 1 heterocycles. The van der Waals surface area contributed by atoms with E-state index in [0.29, 0.717) is 50.5 Å². The molecule has 1 fully saturated rings. The van der Waals surface area contributed by atoms with Crippen LogP contribution in [0.15, 0.2) is 16.6 Å². The second-order valence-corrected chi connectivity index (χ2v) is 7.13. The van der Waals surface area contributed by atoms with Gasteiger partial charge in [-0.25, -0.2) is 4.79 Å². The number of methoxy groups -OCH3 is 2. The summed E-state index contributed by atoms with van der Waals surface area (Å²) in [6.07, 6.45) is 0.137. The maximum atomic E-state index is 12.0. The first-order valence-electron chi connectivity index (χ1n) is 9.07. The number of halogens is 1. The van der Waals surface area contributed by atoms with Gasteiger partial charge in [0.15, 0.2) is 0 Å². The Morgan fingerprint density at radius 3 is 2.50 bits per heavy atom. The Morgan fingerprint density at radius 1 is 1.18 bits per heavy atom. The zero-order valence-electron chi connectivity index (χ0n) is 16.3. The lowest BCUT2D eigenvalue weighted by atomic mass is 10.0. The van der Waals surface area contributed by atoms with E-state index in [2.05, 4.69) is 21.2 Å². The molecule has 1 unspecified atom stereocenters. The molecule has 1 saturated heterocycles. The first-order chi connectivity index (χ1) is 13.4. The Labute approximate surface area is 172 Å². The number of ether oxygens (including phenoxy) is 5. The second-order valence-electron chi connectivity index (χ2n) is 6.27. The van der Waals surface area contributed by atoms with Crippen molar-refractivity contribution in [3.8, 4) is 11.5 Å². The Hall–Kier alpha value is -2.00. The Balaban J connectivity index is 1.77. The fourth-order valence-electron chi connectivity index (χ4n) is 2.83. The number of benzene rings is 1. The molecule has 1 aliphatic heterocycles. The number of esters is 1. The Kier molecular flexibility index (Phi) is 8.85. The average Bonchev–Trinajstić information content (AvgIpc) is 2.69. The third-order valence-corrected chi connectivity index (χ3v) is 4.95. The zero-order valence-corrected chi connectivity index (χ0v) is 17.9. The Bertz CT molecular complexity index is 676. The number of amides is 1. The largest absolute Gasteiger partial charge is 0.496 e. The van der Waals surface area contributed by atoms with E-state index in [9.17, 15) is 9.59 Å². The van der Waals surface area contributed by atoms with E-state index in [0.717, 1.165) is 10.0 Å². The summed E-state index contributed by atoms with van der Waals surface area (Å²) >= 11 is 3.41. The topological polar surface area (TPSA) is 92.3 Å². The van der Waals surface area contributed by atoms with Gasteiger partial charge in [0, 0.05) is 26.7 Å². The molecule has 0 saturated carbocycles. The molecule has 1 atom stereocenters. The maximum Gasteiger partial charge on any atom is 0.410 e. The third-order valence-electron chi connectivity index (χ3n) is 4.33. The highest BCUT2D eigenvalue weighted by atomic mass is 79.9. The second kappa shape index (κ2) is 11.1. The minimum absolute atomic E-state index is 0.206. The zero-order chi connectivity index (χ0) is 20.5. The van der Waals surface area contributed by atoms with Crippen molar-refractivity contribution in [2.45, 2.75) is 32.5 Å². The fraction of sp³-hybridized carbons (Fsp3) is 0.579. The van der Waals surface area contributed by atoms with Gasteiger partial charge in [-0.05, 0) is 52.9 Å². The SMILES string of the molecule is COc1cc(CCNC(=O)OC(C)OC(=O)C2CCOCC2)c(OC)cc1Br. The van der Waals surface area contributed by atoms with Gasteiger partial charge in [-0.1, -0.05) is 0 Å². The molecular weight excluding hydrogens is 434 g/mol. The average molecular weight is 460 g/mol. The van der Waals surface area contributed by atoms with Gasteiger partial charge < -0.3 is 29.0 Å². The van der Waals surface area contributed by atoms with Gasteiger partial charge in [-0.3, -0.25) is 4.79 Å². The van der Waals surface area contributed by atoms with Crippen LogP contribution in [0.1, 0.15) is 25.3 Å². The van der Waals surface area contributed by atoms with Crippen molar-refractivity contribution in [1.29, 1.82) is 0 Å². The maximum absolute atomic E-state index is 12.0. The molecule has 156 valence electrons. The molecule has 1 amide bonds. The molecule has 0 aliphatic carbocycles. The normalized spacial score (nSPS) is 15.4. The number of rotatable bonds is 8. The molecule has 0 aromatic heterocycles. The molecule has 28 heavy (non-hydrogen) atoms. The highest BCUT2D eigenvalue weighted by Gasteiger charge is 2.25. The molecule has 1 N–H and O–H groups in total. The first kappa shape index (κ1) is 22.3. The van der Waals surface area contributed by atoms with Crippen molar-refractivity contribution in [2.75, 3.05) is 34.0 Å². The summed E-state index contributed by atoms with van der Waals surface area (Å²) in [5.74, 6) is 0.784. The van der Waals surface area contributed by atoms with Crippen molar-refractivity contribution >= 4 is 28.0 Å². The van der Waals surface area contributed by atoms with Crippen molar-refractivity contribution < 1.29 is 33.3 Å². The number of alkyl carbamates (subject to hydrolysis) is 1. The van der Waals surface area contributed by atoms with Gasteiger partial charge in [0.1, 0.15) is 11.5 Å². The van der Waals surface area contributed by atoms with Gasteiger partial charge in [0.05, 0.1) is 24.6 Å². The Morgan fingerprint density at radius 2 is 1.86 bits per heavy atom. The lowest BCUT2D eigenvalue weighted by Crippen LogP contribution is -2.33. The molecule has 2 rings (SSSR count). The van der Waals surface area contributed by atoms with Crippen molar-refractivity contribution in [3.05, 3.63) is 22.2 Å². The van der Waals surface area contributed by atoms with Gasteiger partial charge >= 0.3 is 12.1 Å². The third kappa shape index (κ3) is 6.56. The fourth-order valence-corrected chi connectivity index (χ4v) is 3.31. The molecule has 9 heteroatoms. The molecule has 1 aromatic carbocycles. The summed E-state index contributed by atoms with van der Waals surface area (Å²) in [5.41, 5.74) is 0.877. The summed E-state index contributed by atoms with van der Waals surface area (Å²) in [5, 5.41) is 2.64. The van der Waals surface area contributed by atoms with E-state index in [1.165, 1.54) is 6.92 Å². The van der Waals surface area contributed by atoms with Crippen LogP contribution in [0.3, 0.4) is 0 Å². The number of hydrogen-bond donors (Lipinski definition) is 1. The summed E-state index contributed by atoms with van der Waals surface area (Å²) in [6, 6.07) is 3.65. The van der Waals surface area contributed by atoms with Crippen molar-refractivity contribution in [2.24, 2.45) is 5.92 Å². The van der Waals surface area contributed by atoms with Crippen LogP contribution in [0.4, 0.5) is 4.79 Å². The number of nitrogens with one attached hydrogen (secondary N) is 1. The lowest BCUT2D eigenvalue weighted by Gasteiger charge is -2.22. The van der Waals surface area contributed by atoms with Gasteiger partial charge in [-0.2, -0.15) is 0 Å². The van der Waals surface area contributed by atoms with Crippen molar-refractivity contribution in [1.82, 2.24) is 5.32 Å². The monoisotopic (exact) mass is 459 g/mol. The van der Waals surface area contributed by atoms with Crippen molar-refractivity contribution in [3.63, 3.8) is 0 Å². The number of hydrogen-bond acceptors (Lipinski definition) is 7. The minimum Gasteiger partial charge on any atom is -0.496 e. The van der Waals surface area contributed by atoms with Crippen LogP contribution in [0, 0.1) is 5.92 Å². The van der Waals surface area contributed by atoms with Crippen LogP contribution < -0.4 is 14.8 Å². The van der Waals surface area contributed by atoms with Crippen LogP contribution in [0.5, 0.6) is 11.5 Å². The highest BCUT2D eigenvalue weighted by Crippen LogP contribution is 2.32. The van der Waals surface area contributed by atoms with E-state index in [-0.39, 0.29) is 11.9 Å². The van der Waals surface area contributed by atoms with E-state index >= 15 is 0 Å². The van der Waals surface area contributed by atoms with E-state index in [1.54, 1.807) is 14.2 Å². The smallest absolute Gasteiger partial charge is 0.410 e. The molecule has 1 aromatic rings. The first-order valence-corrected chi connectivity index (χ1v) is 9.87. The minimum atomic E-state index is -0.961. The highest BCUT2D eigenvalue weighted by molar-refractivity contribution is 9.10. The summed E-state index contributed by atoms with van der Waals surface area (Å²) in [7, 11) is 3.16. The van der Waals surface area contributed by atoms with Gasteiger partial charge in [0.25, 0.3) is 0 Å². The summed E-state index contributed by atoms with van der Waals surface area (Å²) in [4.78, 5) is 24.0.